The normalized spacial score (nSPS) is 16.3. The molecule has 0 radical (unpaired) electrons. The molecule has 1 heterocycles. The van der Waals surface area contributed by atoms with Gasteiger partial charge in [0.2, 0.25) is 11.8 Å². The number of hydrogen-bond acceptors (Lipinski definition) is 2. The predicted octanol–water partition coefficient (Wildman–Crippen LogP) is 3.78. The Labute approximate surface area is 148 Å². The zero-order valence-corrected chi connectivity index (χ0v) is 15.0. The van der Waals surface area contributed by atoms with Crippen LogP contribution in [0.2, 0.25) is 0 Å². The van der Waals surface area contributed by atoms with Crippen molar-refractivity contribution < 1.29 is 9.59 Å². The number of benzene rings is 2. The minimum atomic E-state index is -0.200. The van der Waals surface area contributed by atoms with Gasteiger partial charge in [-0.15, -0.1) is 0 Å². The van der Waals surface area contributed by atoms with Crippen molar-refractivity contribution in [1.29, 1.82) is 0 Å². The van der Waals surface area contributed by atoms with Gasteiger partial charge in [0.25, 0.3) is 0 Å². The molecule has 0 bridgehead atoms. The van der Waals surface area contributed by atoms with Gasteiger partial charge < -0.3 is 10.2 Å². The average Bonchev–Trinajstić information content (AvgIpc) is 2.58. The van der Waals surface area contributed by atoms with Gasteiger partial charge in [-0.1, -0.05) is 30.3 Å². The molecule has 1 aliphatic heterocycles. The van der Waals surface area contributed by atoms with Gasteiger partial charge in [-0.25, -0.2) is 0 Å². The second-order valence-corrected chi connectivity index (χ2v) is 6.73. The third-order valence-electron chi connectivity index (χ3n) is 4.99. The van der Waals surface area contributed by atoms with Crippen molar-refractivity contribution in [1.82, 2.24) is 4.90 Å². The number of nitrogens with zero attached hydrogens (tertiary/aromatic N) is 1. The first-order valence-electron chi connectivity index (χ1n) is 8.68. The van der Waals surface area contributed by atoms with Crippen LogP contribution in [0.5, 0.6) is 0 Å². The molecule has 1 unspecified atom stereocenters. The summed E-state index contributed by atoms with van der Waals surface area (Å²) < 4.78 is 0. The van der Waals surface area contributed by atoms with Crippen molar-refractivity contribution in [3.05, 3.63) is 64.7 Å². The van der Waals surface area contributed by atoms with Crippen molar-refractivity contribution in [3.63, 3.8) is 0 Å². The van der Waals surface area contributed by atoms with Gasteiger partial charge in [0.15, 0.2) is 0 Å². The fourth-order valence-electron chi connectivity index (χ4n) is 3.46. The summed E-state index contributed by atoms with van der Waals surface area (Å²) in [6, 6.07) is 13.8. The summed E-state index contributed by atoms with van der Waals surface area (Å²) >= 11 is 0. The fraction of sp³-hybridized carbons (Fsp3) is 0.333. The highest BCUT2D eigenvalue weighted by atomic mass is 16.2. The second-order valence-electron chi connectivity index (χ2n) is 6.73. The molecule has 0 saturated heterocycles. The van der Waals surface area contributed by atoms with Gasteiger partial charge in [-0.3, -0.25) is 9.59 Å². The molecule has 0 aliphatic carbocycles. The molecule has 1 N–H and O–H groups in total. The maximum absolute atomic E-state index is 12.6. The minimum absolute atomic E-state index is 0.0125. The molecule has 4 heteroatoms. The van der Waals surface area contributed by atoms with Gasteiger partial charge in [-0.05, 0) is 54.7 Å². The van der Waals surface area contributed by atoms with Gasteiger partial charge in [0.1, 0.15) is 0 Å². The van der Waals surface area contributed by atoms with E-state index in [2.05, 4.69) is 11.4 Å². The zero-order valence-electron chi connectivity index (χ0n) is 15.0. The van der Waals surface area contributed by atoms with Crippen LogP contribution in [0.4, 0.5) is 5.69 Å². The standard InChI is InChI=1S/C21H24N2O2/c1-14-8-9-18(12-15(14)2)22-21(25)13-20-19-7-5-4-6-17(19)10-11-23(20)16(3)24/h4-9,12,20H,10-11,13H2,1-3H3,(H,22,25). The maximum Gasteiger partial charge on any atom is 0.226 e. The summed E-state index contributed by atoms with van der Waals surface area (Å²) in [7, 11) is 0. The highest BCUT2D eigenvalue weighted by molar-refractivity contribution is 5.91. The lowest BCUT2D eigenvalue weighted by Crippen LogP contribution is -2.40. The van der Waals surface area contributed by atoms with Crippen molar-refractivity contribution in [2.24, 2.45) is 0 Å². The van der Waals surface area contributed by atoms with Crippen molar-refractivity contribution >= 4 is 17.5 Å². The summed E-state index contributed by atoms with van der Waals surface area (Å²) in [4.78, 5) is 26.4. The Kier molecular flexibility index (Phi) is 4.88. The number of carbonyl (C=O) groups excluding carboxylic acids is 2. The largest absolute Gasteiger partial charge is 0.335 e. The number of aryl methyl sites for hydroxylation is 2. The van der Waals surface area contributed by atoms with Gasteiger partial charge in [0, 0.05) is 19.2 Å². The van der Waals surface area contributed by atoms with E-state index in [1.54, 1.807) is 6.92 Å². The number of fused-ring (bicyclic) bond motifs is 1. The van der Waals surface area contributed by atoms with Crippen molar-refractivity contribution in [2.75, 3.05) is 11.9 Å². The summed E-state index contributed by atoms with van der Waals surface area (Å²) in [5.41, 5.74) is 5.45. The van der Waals surface area contributed by atoms with Crippen LogP contribution < -0.4 is 5.32 Å². The molecule has 3 rings (SSSR count). The third-order valence-corrected chi connectivity index (χ3v) is 4.99. The molecule has 0 saturated carbocycles. The van der Waals surface area contributed by atoms with Crippen LogP contribution in [0.25, 0.3) is 0 Å². The van der Waals surface area contributed by atoms with Gasteiger partial charge in [0.05, 0.1) is 12.5 Å². The first-order valence-corrected chi connectivity index (χ1v) is 8.68. The molecule has 2 amide bonds. The van der Waals surface area contributed by atoms with Crippen LogP contribution in [0.1, 0.15) is 41.6 Å². The van der Waals surface area contributed by atoms with Gasteiger partial charge in [-0.2, -0.15) is 0 Å². The lowest BCUT2D eigenvalue weighted by Gasteiger charge is -2.36. The molecule has 130 valence electrons. The molecule has 2 aromatic rings. The van der Waals surface area contributed by atoms with Crippen LogP contribution >= 0.6 is 0 Å². The highest BCUT2D eigenvalue weighted by Gasteiger charge is 2.30. The molecule has 1 aliphatic rings. The molecule has 2 aromatic carbocycles. The molecular weight excluding hydrogens is 312 g/mol. The molecule has 4 nitrogen and oxygen atoms in total. The highest BCUT2D eigenvalue weighted by Crippen LogP contribution is 2.32. The van der Waals surface area contributed by atoms with Crippen LogP contribution in [-0.4, -0.2) is 23.3 Å². The van der Waals surface area contributed by atoms with E-state index in [0.29, 0.717) is 6.54 Å². The van der Waals surface area contributed by atoms with E-state index >= 15 is 0 Å². The second kappa shape index (κ2) is 7.09. The number of anilines is 1. The van der Waals surface area contributed by atoms with E-state index in [-0.39, 0.29) is 24.3 Å². The van der Waals surface area contributed by atoms with Crippen LogP contribution in [-0.2, 0) is 16.0 Å². The van der Waals surface area contributed by atoms with E-state index in [9.17, 15) is 9.59 Å². The molecule has 0 spiro atoms. The number of nitrogens with one attached hydrogen (secondary N) is 1. The predicted molar refractivity (Wildman–Crippen MR) is 99.4 cm³/mol. The van der Waals surface area contributed by atoms with E-state index in [4.69, 9.17) is 0 Å². The van der Waals surface area contributed by atoms with E-state index < -0.39 is 0 Å². The fourth-order valence-corrected chi connectivity index (χ4v) is 3.46. The Morgan fingerprint density at radius 3 is 2.60 bits per heavy atom. The molecule has 1 atom stereocenters. The number of hydrogen-bond donors (Lipinski definition) is 1. The summed E-state index contributed by atoms with van der Waals surface area (Å²) in [6.45, 7) is 6.31. The zero-order chi connectivity index (χ0) is 18.0. The summed E-state index contributed by atoms with van der Waals surface area (Å²) in [5, 5.41) is 2.97. The van der Waals surface area contributed by atoms with E-state index in [1.807, 2.05) is 55.1 Å². The van der Waals surface area contributed by atoms with E-state index in [0.717, 1.165) is 23.2 Å². The lowest BCUT2D eigenvalue weighted by atomic mass is 9.90. The van der Waals surface area contributed by atoms with Crippen molar-refractivity contribution in [2.45, 2.75) is 39.7 Å². The Morgan fingerprint density at radius 1 is 1.12 bits per heavy atom. The van der Waals surface area contributed by atoms with Crippen LogP contribution in [0.3, 0.4) is 0 Å². The molecule has 0 fully saturated rings. The lowest BCUT2D eigenvalue weighted by molar-refractivity contribution is -0.132. The maximum atomic E-state index is 12.6. The Bertz CT molecular complexity index is 813. The molecule has 25 heavy (non-hydrogen) atoms. The van der Waals surface area contributed by atoms with Gasteiger partial charge >= 0.3 is 0 Å². The SMILES string of the molecule is CC(=O)N1CCc2ccccc2C1CC(=O)Nc1ccc(C)c(C)c1. The van der Waals surface area contributed by atoms with E-state index in [1.165, 1.54) is 11.1 Å². The third kappa shape index (κ3) is 3.73. The topological polar surface area (TPSA) is 49.4 Å². The van der Waals surface area contributed by atoms with Crippen molar-refractivity contribution in [3.8, 4) is 0 Å². The number of carbonyl (C=O) groups is 2. The Morgan fingerprint density at radius 2 is 1.88 bits per heavy atom. The van der Waals surface area contributed by atoms with Crippen LogP contribution in [0, 0.1) is 13.8 Å². The number of amides is 2. The molecular formula is C21H24N2O2. The summed E-state index contributed by atoms with van der Waals surface area (Å²) in [6.07, 6.45) is 1.11. The Balaban J connectivity index is 1.80. The number of rotatable bonds is 3. The van der Waals surface area contributed by atoms with Crippen LogP contribution in [0.15, 0.2) is 42.5 Å². The Hall–Kier alpha value is -2.62. The summed E-state index contributed by atoms with van der Waals surface area (Å²) in [5.74, 6) is -0.0605. The first-order chi connectivity index (χ1) is 12.0. The first kappa shape index (κ1) is 17.2. The smallest absolute Gasteiger partial charge is 0.226 e. The minimum Gasteiger partial charge on any atom is -0.335 e. The quantitative estimate of drug-likeness (QED) is 0.927. The monoisotopic (exact) mass is 336 g/mol. The average molecular weight is 336 g/mol. The molecule has 0 aromatic heterocycles.